The van der Waals surface area contributed by atoms with Gasteiger partial charge < -0.3 is 15.2 Å². The van der Waals surface area contributed by atoms with Crippen LogP contribution < -0.4 is 5.32 Å². The highest BCUT2D eigenvalue weighted by molar-refractivity contribution is 5.77. The molecule has 1 amide bonds. The van der Waals surface area contributed by atoms with Crippen LogP contribution in [0.4, 0.5) is 0 Å². The van der Waals surface area contributed by atoms with Gasteiger partial charge in [0, 0.05) is 11.5 Å². The first kappa shape index (κ1) is 12.5. The first-order chi connectivity index (χ1) is 6.84. The first-order valence-corrected chi connectivity index (χ1v) is 5.43. The molecule has 0 heterocycles. The average molecular weight is 215 g/mol. The predicted molar refractivity (Wildman–Crippen MR) is 57.4 cm³/mol. The van der Waals surface area contributed by atoms with E-state index >= 15 is 0 Å². The predicted octanol–water partition coefficient (Wildman–Crippen LogP) is 0.687. The number of amides is 1. The van der Waals surface area contributed by atoms with Gasteiger partial charge in [-0.05, 0) is 20.3 Å². The summed E-state index contributed by atoms with van der Waals surface area (Å²) in [6, 6.07) is 0.0655. The van der Waals surface area contributed by atoms with Crippen LogP contribution >= 0.6 is 0 Å². The van der Waals surface area contributed by atoms with E-state index in [1.165, 1.54) is 0 Å². The van der Waals surface area contributed by atoms with Crippen LogP contribution in [0.2, 0.25) is 0 Å². The number of nitrogens with one attached hydrogen (secondary N) is 1. The minimum absolute atomic E-state index is 0.0655. The highest BCUT2D eigenvalue weighted by Crippen LogP contribution is 2.40. The van der Waals surface area contributed by atoms with Crippen molar-refractivity contribution in [3.05, 3.63) is 0 Å². The monoisotopic (exact) mass is 215 g/mol. The molecular weight excluding hydrogens is 194 g/mol. The minimum atomic E-state index is -0.311. The Morgan fingerprint density at radius 1 is 1.60 bits per heavy atom. The lowest BCUT2D eigenvalue weighted by atomic mass is 9.64. The Hall–Kier alpha value is -0.610. The van der Waals surface area contributed by atoms with Crippen molar-refractivity contribution < 1.29 is 14.6 Å². The van der Waals surface area contributed by atoms with Crippen molar-refractivity contribution in [3.63, 3.8) is 0 Å². The number of hydrogen-bond donors (Lipinski definition) is 2. The Morgan fingerprint density at radius 2 is 2.20 bits per heavy atom. The van der Waals surface area contributed by atoms with Crippen LogP contribution in [0.15, 0.2) is 0 Å². The van der Waals surface area contributed by atoms with Crippen LogP contribution in [0.1, 0.15) is 34.1 Å². The van der Waals surface area contributed by atoms with Crippen LogP contribution in [0, 0.1) is 5.41 Å². The summed E-state index contributed by atoms with van der Waals surface area (Å²) in [5, 5.41) is 12.4. The number of aliphatic hydroxyl groups excluding tert-OH is 1. The van der Waals surface area contributed by atoms with Crippen LogP contribution in [-0.2, 0) is 9.53 Å². The van der Waals surface area contributed by atoms with E-state index in [-0.39, 0.29) is 36.2 Å². The van der Waals surface area contributed by atoms with Gasteiger partial charge in [0.05, 0.1) is 12.2 Å². The summed E-state index contributed by atoms with van der Waals surface area (Å²) < 4.78 is 5.19. The summed E-state index contributed by atoms with van der Waals surface area (Å²) >= 11 is 0. The number of carbonyl (C=O) groups is 1. The van der Waals surface area contributed by atoms with E-state index < -0.39 is 0 Å². The first-order valence-electron chi connectivity index (χ1n) is 5.43. The molecular formula is C11H21NO3. The largest absolute Gasteiger partial charge is 0.392 e. The van der Waals surface area contributed by atoms with Crippen molar-refractivity contribution in [3.8, 4) is 0 Å². The van der Waals surface area contributed by atoms with Crippen molar-refractivity contribution in [1.29, 1.82) is 0 Å². The summed E-state index contributed by atoms with van der Waals surface area (Å²) in [4.78, 5) is 11.4. The molecule has 1 saturated carbocycles. The SMILES string of the molecule is CC(C)OCC(=O)NC1CC(O)C1(C)C. The van der Waals surface area contributed by atoms with E-state index in [1.54, 1.807) is 0 Å². The van der Waals surface area contributed by atoms with Crippen molar-refractivity contribution in [2.75, 3.05) is 6.61 Å². The Labute approximate surface area is 91.0 Å². The molecule has 0 bridgehead atoms. The molecule has 1 rings (SSSR count). The van der Waals surface area contributed by atoms with Gasteiger partial charge in [-0.3, -0.25) is 4.79 Å². The number of hydrogen-bond acceptors (Lipinski definition) is 3. The topological polar surface area (TPSA) is 58.6 Å². The molecule has 2 atom stereocenters. The van der Waals surface area contributed by atoms with E-state index in [9.17, 15) is 9.90 Å². The molecule has 88 valence electrons. The fourth-order valence-electron chi connectivity index (χ4n) is 1.63. The van der Waals surface area contributed by atoms with Crippen molar-refractivity contribution in [1.82, 2.24) is 5.32 Å². The number of aliphatic hydroxyl groups is 1. The highest BCUT2D eigenvalue weighted by atomic mass is 16.5. The minimum Gasteiger partial charge on any atom is -0.392 e. The van der Waals surface area contributed by atoms with Gasteiger partial charge in [0.25, 0.3) is 0 Å². The van der Waals surface area contributed by atoms with Gasteiger partial charge >= 0.3 is 0 Å². The number of carbonyl (C=O) groups excluding carboxylic acids is 1. The van der Waals surface area contributed by atoms with E-state index in [1.807, 2.05) is 27.7 Å². The maximum absolute atomic E-state index is 11.4. The molecule has 2 N–H and O–H groups in total. The fraction of sp³-hybridized carbons (Fsp3) is 0.909. The van der Waals surface area contributed by atoms with Gasteiger partial charge in [-0.15, -0.1) is 0 Å². The summed E-state index contributed by atoms with van der Waals surface area (Å²) in [6.07, 6.45) is 0.394. The molecule has 0 radical (unpaired) electrons. The summed E-state index contributed by atoms with van der Waals surface area (Å²) in [7, 11) is 0. The van der Waals surface area contributed by atoms with E-state index in [4.69, 9.17) is 4.74 Å². The zero-order valence-electron chi connectivity index (χ0n) is 9.91. The number of ether oxygens (including phenoxy) is 1. The van der Waals surface area contributed by atoms with Crippen LogP contribution in [-0.4, -0.2) is 35.9 Å². The van der Waals surface area contributed by atoms with Crippen molar-refractivity contribution in [2.24, 2.45) is 5.41 Å². The van der Waals surface area contributed by atoms with E-state index in [0.717, 1.165) is 0 Å². The molecule has 0 aromatic rings. The van der Waals surface area contributed by atoms with Crippen molar-refractivity contribution in [2.45, 2.75) is 52.4 Å². The fourth-order valence-corrected chi connectivity index (χ4v) is 1.63. The highest BCUT2D eigenvalue weighted by Gasteiger charge is 2.47. The van der Waals surface area contributed by atoms with Gasteiger partial charge in [0.2, 0.25) is 5.91 Å². The Morgan fingerprint density at radius 3 is 2.60 bits per heavy atom. The smallest absolute Gasteiger partial charge is 0.246 e. The molecule has 4 nitrogen and oxygen atoms in total. The van der Waals surface area contributed by atoms with Crippen LogP contribution in [0.3, 0.4) is 0 Å². The summed E-state index contributed by atoms with van der Waals surface area (Å²) in [5.41, 5.74) is -0.215. The number of rotatable bonds is 4. The third kappa shape index (κ3) is 2.92. The average Bonchev–Trinajstić information content (AvgIpc) is 2.14. The van der Waals surface area contributed by atoms with E-state index in [2.05, 4.69) is 5.32 Å². The Bertz CT molecular complexity index is 238. The quantitative estimate of drug-likeness (QED) is 0.725. The maximum atomic E-state index is 11.4. The maximum Gasteiger partial charge on any atom is 0.246 e. The molecule has 0 saturated heterocycles. The van der Waals surface area contributed by atoms with Gasteiger partial charge in [0.1, 0.15) is 6.61 Å². The summed E-state index contributed by atoms with van der Waals surface area (Å²) in [6.45, 7) is 7.79. The van der Waals surface area contributed by atoms with E-state index in [0.29, 0.717) is 6.42 Å². The zero-order chi connectivity index (χ0) is 11.6. The molecule has 4 heteroatoms. The molecule has 0 aromatic carbocycles. The standard InChI is InChI=1S/C11H21NO3/c1-7(2)15-6-10(14)12-8-5-9(13)11(8,3)4/h7-9,13H,5-6H2,1-4H3,(H,12,14). The molecule has 1 fully saturated rings. The zero-order valence-corrected chi connectivity index (χ0v) is 9.91. The van der Waals surface area contributed by atoms with Gasteiger partial charge in [-0.2, -0.15) is 0 Å². The van der Waals surface area contributed by atoms with Gasteiger partial charge in [-0.25, -0.2) is 0 Å². The molecule has 1 aliphatic carbocycles. The molecule has 0 spiro atoms. The lowest BCUT2D eigenvalue weighted by molar-refractivity contribution is -0.134. The summed E-state index contributed by atoms with van der Waals surface area (Å²) in [5.74, 6) is -0.103. The van der Waals surface area contributed by atoms with Crippen molar-refractivity contribution >= 4 is 5.91 Å². The van der Waals surface area contributed by atoms with Gasteiger partial charge in [0.15, 0.2) is 0 Å². The normalized spacial score (nSPS) is 28.7. The lowest BCUT2D eigenvalue weighted by Crippen LogP contribution is -2.61. The second kappa shape index (κ2) is 4.49. The third-order valence-corrected chi connectivity index (χ3v) is 3.10. The second-order valence-corrected chi connectivity index (χ2v) is 5.05. The van der Waals surface area contributed by atoms with Crippen LogP contribution in [0.25, 0.3) is 0 Å². The molecule has 2 unspecified atom stereocenters. The molecule has 15 heavy (non-hydrogen) atoms. The molecule has 1 aliphatic rings. The Balaban J connectivity index is 2.28. The molecule has 0 aromatic heterocycles. The van der Waals surface area contributed by atoms with Gasteiger partial charge in [-0.1, -0.05) is 13.8 Å². The Kier molecular flexibility index (Phi) is 3.73. The second-order valence-electron chi connectivity index (χ2n) is 5.05. The van der Waals surface area contributed by atoms with Crippen LogP contribution in [0.5, 0.6) is 0 Å². The molecule has 0 aliphatic heterocycles. The lowest BCUT2D eigenvalue weighted by Gasteiger charge is -2.49. The third-order valence-electron chi connectivity index (χ3n) is 3.10.